The predicted octanol–water partition coefficient (Wildman–Crippen LogP) is 5.96. The molecule has 1 N–H and O–H groups in total. The molecule has 0 heterocycles. The van der Waals surface area contributed by atoms with Crippen molar-refractivity contribution in [3.05, 3.63) is 28.8 Å². The zero-order valence-electron chi connectivity index (χ0n) is 15.1. The Morgan fingerprint density at radius 2 is 1.14 bits per heavy atom. The summed E-state index contributed by atoms with van der Waals surface area (Å²) in [6.45, 7) is 19.9. The zero-order chi connectivity index (χ0) is 16.6. The number of benzene rings is 1. The highest BCUT2D eigenvalue weighted by atomic mass is 14.8. The Bertz CT molecular complexity index is 534. The molecule has 0 aliphatic rings. The monoisotopic (exact) mass is 286 g/mol. The molecule has 0 spiro atoms. The van der Waals surface area contributed by atoms with Gasteiger partial charge in [0.25, 0.3) is 0 Å². The molecule has 21 heavy (non-hydrogen) atoms. The third-order valence-corrected chi connectivity index (χ3v) is 3.76. The topological polar surface area (TPSA) is 36.2 Å². The van der Waals surface area contributed by atoms with E-state index in [1.54, 1.807) is 0 Å². The van der Waals surface area contributed by atoms with E-state index in [0.717, 1.165) is 5.69 Å². The molecule has 0 saturated heterocycles. The first-order valence-electron chi connectivity index (χ1n) is 7.60. The van der Waals surface area contributed by atoms with E-state index in [2.05, 4.69) is 85.4 Å². The first kappa shape index (κ1) is 17.7. The van der Waals surface area contributed by atoms with Gasteiger partial charge < -0.3 is 0 Å². The van der Waals surface area contributed by atoms with Crippen LogP contribution in [0, 0.1) is 5.41 Å². The van der Waals surface area contributed by atoms with E-state index in [1.165, 1.54) is 16.7 Å². The summed E-state index contributed by atoms with van der Waals surface area (Å²) < 4.78 is 0. The van der Waals surface area contributed by atoms with E-state index in [4.69, 9.17) is 5.41 Å². The lowest BCUT2D eigenvalue weighted by atomic mass is 9.74. The number of rotatable bonds is 1. The fraction of sp³-hybridized carbons (Fsp3) is 0.632. The van der Waals surface area contributed by atoms with Crippen molar-refractivity contribution in [1.29, 1.82) is 5.41 Å². The highest BCUT2D eigenvalue weighted by Gasteiger charge is 2.28. The Balaban J connectivity index is 3.88. The molecule has 0 radical (unpaired) electrons. The molecule has 2 nitrogen and oxygen atoms in total. The average Bonchev–Trinajstić information content (AvgIpc) is 2.24. The van der Waals surface area contributed by atoms with Crippen molar-refractivity contribution in [1.82, 2.24) is 0 Å². The van der Waals surface area contributed by atoms with E-state index in [1.807, 2.05) is 0 Å². The number of nitrogens with zero attached hydrogens (tertiary/aromatic N) is 1. The van der Waals surface area contributed by atoms with Crippen molar-refractivity contribution in [2.75, 3.05) is 0 Å². The van der Waals surface area contributed by atoms with E-state index in [0.29, 0.717) is 0 Å². The third kappa shape index (κ3) is 4.04. The maximum absolute atomic E-state index is 7.30. The van der Waals surface area contributed by atoms with Crippen LogP contribution in [0.1, 0.15) is 79.0 Å². The number of aliphatic imine (C=N–C) groups is 1. The molecule has 116 valence electrons. The summed E-state index contributed by atoms with van der Waals surface area (Å²) in [5.74, 6) is 0. The fourth-order valence-corrected chi connectivity index (χ4v) is 2.39. The first-order valence-corrected chi connectivity index (χ1v) is 7.60. The van der Waals surface area contributed by atoms with E-state index < -0.39 is 0 Å². The van der Waals surface area contributed by atoms with E-state index in [9.17, 15) is 0 Å². The number of nitrogens with one attached hydrogen (secondary N) is 1. The quantitative estimate of drug-likeness (QED) is 0.618. The molecule has 2 heteroatoms. The van der Waals surface area contributed by atoms with Crippen LogP contribution in [-0.2, 0) is 16.2 Å². The summed E-state index contributed by atoms with van der Waals surface area (Å²) >= 11 is 0. The second-order valence-corrected chi connectivity index (χ2v) is 8.89. The summed E-state index contributed by atoms with van der Waals surface area (Å²) in [4.78, 5) is 4.28. The normalized spacial score (nSPS) is 13.0. The van der Waals surface area contributed by atoms with Crippen LogP contribution in [-0.4, -0.2) is 6.01 Å². The van der Waals surface area contributed by atoms with Gasteiger partial charge in [-0.1, -0.05) is 74.4 Å². The van der Waals surface area contributed by atoms with Crippen molar-refractivity contribution in [2.24, 2.45) is 4.99 Å². The molecule has 1 aromatic rings. The molecule has 0 bridgehead atoms. The largest absolute Gasteiger partial charge is 0.241 e. The summed E-state index contributed by atoms with van der Waals surface area (Å²) in [7, 11) is 0. The SMILES string of the molecule is CC(C)(C)c1cc(C(C)(C)C)c(N=C=N)c(C(C)(C)C)c1. The second-order valence-electron chi connectivity index (χ2n) is 8.89. The minimum Gasteiger partial charge on any atom is -0.241 e. The minimum absolute atomic E-state index is 0.0169. The average molecular weight is 286 g/mol. The Morgan fingerprint density at radius 3 is 1.38 bits per heavy atom. The maximum Gasteiger partial charge on any atom is 0.0918 e. The molecular weight excluding hydrogens is 256 g/mol. The Hall–Kier alpha value is -1.40. The number of hydrogen-bond acceptors (Lipinski definition) is 2. The van der Waals surface area contributed by atoms with Gasteiger partial charge in [0, 0.05) is 0 Å². The third-order valence-electron chi connectivity index (χ3n) is 3.76. The molecule has 1 rings (SSSR count). The van der Waals surface area contributed by atoms with Crippen LogP contribution in [0.25, 0.3) is 0 Å². The summed E-state index contributed by atoms with van der Waals surface area (Å²) in [5, 5.41) is 7.30. The lowest BCUT2D eigenvalue weighted by molar-refractivity contribution is 0.550. The van der Waals surface area contributed by atoms with Gasteiger partial charge >= 0.3 is 0 Å². The van der Waals surface area contributed by atoms with Crippen LogP contribution in [0.15, 0.2) is 17.1 Å². The molecular formula is C19H30N2. The van der Waals surface area contributed by atoms with Gasteiger partial charge in [-0.2, -0.15) is 4.99 Å². The molecule has 0 saturated carbocycles. The Labute approximate surface area is 130 Å². The Morgan fingerprint density at radius 1 is 0.762 bits per heavy atom. The van der Waals surface area contributed by atoms with E-state index >= 15 is 0 Å². The van der Waals surface area contributed by atoms with Gasteiger partial charge in [0.2, 0.25) is 0 Å². The fourth-order valence-electron chi connectivity index (χ4n) is 2.39. The van der Waals surface area contributed by atoms with Gasteiger partial charge in [0.05, 0.1) is 11.7 Å². The van der Waals surface area contributed by atoms with Crippen LogP contribution in [0.5, 0.6) is 0 Å². The maximum atomic E-state index is 7.30. The minimum atomic E-state index is -0.0169. The van der Waals surface area contributed by atoms with Crippen LogP contribution < -0.4 is 0 Å². The van der Waals surface area contributed by atoms with Crippen LogP contribution in [0.3, 0.4) is 0 Å². The smallest absolute Gasteiger partial charge is 0.0918 e. The Kier molecular flexibility index (Phi) is 4.56. The van der Waals surface area contributed by atoms with Crippen molar-refractivity contribution in [3.63, 3.8) is 0 Å². The van der Waals surface area contributed by atoms with Gasteiger partial charge in [-0.05, 0) is 32.9 Å². The van der Waals surface area contributed by atoms with Gasteiger partial charge in [-0.3, -0.25) is 0 Å². The summed E-state index contributed by atoms with van der Waals surface area (Å²) in [6.07, 6.45) is 0. The van der Waals surface area contributed by atoms with Crippen LogP contribution in [0.4, 0.5) is 5.69 Å². The predicted molar refractivity (Wildman–Crippen MR) is 92.4 cm³/mol. The molecule has 0 unspecified atom stereocenters. The van der Waals surface area contributed by atoms with Crippen LogP contribution >= 0.6 is 0 Å². The second kappa shape index (κ2) is 5.42. The van der Waals surface area contributed by atoms with Crippen molar-refractivity contribution < 1.29 is 0 Å². The first-order chi connectivity index (χ1) is 9.28. The van der Waals surface area contributed by atoms with Crippen molar-refractivity contribution in [2.45, 2.75) is 78.6 Å². The van der Waals surface area contributed by atoms with E-state index in [-0.39, 0.29) is 16.2 Å². The lowest BCUT2D eigenvalue weighted by Gasteiger charge is -2.31. The highest BCUT2D eigenvalue weighted by Crippen LogP contribution is 2.42. The van der Waals surface area contributed by atoms with Crippen LogP contribution in [0.2, 0.25) is 0 Å². The molecule has 0 aliphatic heterocycles. The van der Waals surface area contributed by atoms with Gasteiger partial charge in [0.15, 0.2) is 0 Å². The molecule has 0 atom stereocenters. The number of hydrogen-bond donors (Lipinski definition) is 1. The van der Waals surface area contributed by atoms with Gasteiger partial charge in [0.1, 0.15) is 0 Å². The molecule has 1 aromatic carbocycles. The highest BCUT2D eigenvalue weighted by molar-refractivity contribution is 5.64. The molecule has 0 fully saturated rings. The molecule has 0 aliphatic carbocycles. The van der Waals surface area contributed by atoms with Gasteiger partial charge in [-0.15, -0.1) is 0 Å². The summed E-state index contributed by atoms with van der Waals surface area (Å²) in [5.41, 5.74) is 4.68. The molecule has 0 amide bonds. The van der Waals surface area contributed by atoms with Crippen molar-refractivity contribution >= 4 is 11.7 Å². The zero-order valence-corrected chi connectivity index (χ0v) is 15.1. The standard InChI is InChI=1S/C19H30N2/c1-17(2,3)13-10-14(18(4,5)6)16(21-12-20)15(11-13)19(7,8)9/h10-11,20H,1-9H3. The molecule has 0 aromatic heterocycles. The summed E-state index contributed by atoms with van der Waals surface area (Å²) in [6, 6.07) is 6.75. The lowest BCUT2D eigenvalue weighted by Crippen LogP contribution is -2.21. The van der Waals surface area contributed by atoms with Gasteiger partial charge in [-0.25, -0.2) is 5.41 Å². The van der Waals surface area contributed by atoms with Crippen molar-refractivity contribution in [3.8, 4) is 0 Å².